The average Bonchev–Trinajstić information content (AvgIpc) is 2.45. The fourth-order valence-electron chi connectivity index (χ4n) is 1.24. The normalized spacial score (nSPS) is 11.2. The molecule has 0 fully saturated rings. The summed E-state index contributed by atoms with van der Waals surface area (Å²) in [5.74, 6) is 0. The van der Waals surface area contributed by atoms with Gasteiger partial charge in [0.2, 0.25) is 0 Å². The predicted molar refractivity (Wildman–Crippen MR) is 38.9 cm³/mol. The monoisotopic (exact) mass is 119 g/mol. The van der Waals surface area contributed by atoms with Crippen molar-refractivity contribution in [2.45, 2.75) is 13.3 Å². The van der Waals surface area contributed by atoms with Crippen LogP contribution in [0, 0.1) is 0 Å². The first-order valence-electron chi connectivity index (χ1n) is 3.30. The number of hydrogen-bond donors (Lipinski definition) is 1. The molecule has 2 aromatic rings. The average molecular weight is 119 g/mol. The molecular formula is C8H9N. The minimum Gasteiger partial charge on any atom is -0.355 e. The Morgan fingerprint density at radius 3 is 2.67 bits per heavy atom. The molecule has 0 aliphatic rings. The molecule has 0 aliphatic carbocycles. The van der Waals surface area contributed by atoms with Gasteiger partial charge in [0, 0.05) is 11.0 Å². The summed E-state index contributed by atoms with van der Waals surface area (Å²) in [4.78, 5) is 3.26. The quantitative estimate of drug-likeness (QED) is 0.592. The lowest BCUT2D eigenvalue weighted by Gasteiger charge is -1.87. The van der Waals surface area contributed by atoms with Gasteiger partial charge in [-0.1, -0.05) is 6.92 Å². The molecule has 0 amide bonds. The van der Waals surface area contributed by atoms with Crippen LogP contribution in [-0.4, -0.2) is 4.98 Å². The predicted octanol–water partition coefficient (Wildman–Crippen LogP) is 2.17. The van der Waals surface area contributed by atoms with Crippen LogP contribution in [0.5, 0.6) is 0 Å². The first kappa shape index (κ1) is 4.86. The highest BCUT2D eigenvalue weighted by Gasteiger charge is 1.99. The lowest BCUT2D eigenvalue weighted by Crippen LogP contribution is -1.72. The molecule has 0 atom stereocenters. The first-order valence-corrected chi connectivity index (χ1v) is 3.30. The number of nitrogens with one attached hydrogen (secondary N) is 1. The highest BCUT2D eigenvalue weighted by atomic mass is 14.7. The van der Waals surface area contributed by atoms with Crippen LogP contribution in [0.15, 0.2) is 18.2 Å². The van der Waals surface area contributed by atoms with E-state index in [1.807, 2.05) is 0 Å². The van der Waals surface area contributed by atoms with Gasteiger partial charge in [0.25, 0.3) is 0 Å². The number of benzene rings is 1. The maximum atomic E-state index is 3.26. The van der Waals surface area contributed by atoms with E-state index in [4.69, 9.17) is 0 Å². The molecule has 0 unspecified atom stereocenters. The summed E-state index contributed by atoms with van der Waals surface area (Å²) < 4.78 is 0. The summed E-state index contributed by atoms with van der Waals surface area (Å²) in [5.41, 5.74) is 3.99. The smallest absolute Gasteiger partial charge is 0.0418 e. The summed E-state index contributed by atoms with van der Waals surface area (Å²) >= 11 is 0. The molecule has 0 saturated carbocycles. The van der Waals surface area contributed by atoms with E-state index in [-0.39, 0.29) is 0 Å². The van der Waals surface area contributed by atoms with Crippen LogP contribution in [0.3, 0.4) is 0 Å². The molecule has 0 aliphatic heterocycles. The van der Waals surface area contributed by atoms with Crippen LogP contribution in [-0.2, 0) is 6.42 Å². The van der Waals surface area contributed by atoms with Crippen LogP contribution in [0.25, 0.3) is 11.0 Å². The second-order valence-electron chi connectivity index (χ2n) is 2.35. The zero-order valence-corrected chi connectivity index (χ0v) is 5.44. The molecule has 0 spiro atoms. The molecule has 1 N–H and O–H groups in total. The standard InChI is InChI=1S/C8H9N/c1-2-6-5-7-3-4-8(6)9-7/h3-5,9H,2H2,1H3. The fourth-order valence-corrected chi connectivity index (χ4v) is 1.24. The van der Waals surface area contributed by atoms with E-state index < -0.39 is 0 Å². The second kappa shape index (κ2) is 1.50. The van der Waals surface area contributed by atoms with Gasteiger partial charge in [0.1, 0.15) is 0 Å². The Labute approximate surface area is 54.0 Å². The Morgan fingerprint density at radius 1 is 1.44 bits per heavy atom. The van der Waals surface area contributed by atoms with Crippen LogP contribution in [0.4, 0.5) is 0 Å². The number of H-pyrrole nitrogens is 1. The van der Waals surface area contributed by atoms with Crippen molar-refractivity contribution >= 4 is 11.0 Å². The van der Waals surface area contributed by atoms with E-state index in [0.29, 0.717) is 0 Å². The minimum absolute atomic E-state index is 1.14. The molecule has 2 aromatic heterocycles. The Bertz CT molecular complexity index is 295. The van der Waals surface area contributed by atoms with Crippen molar-refractivity contribution in [3.8, 4) is 0 Å². The van der Waals surface area contributed by atoms with Crippen molar-refractivity contribution in [1.82, 2.24) is 4.98 Å². The summed E-state index contributed by atoms with van der Waals surface area (Å²) in [6, 6.07) is 6.44. The number of aromatic nitrogens is 1. The molecule has 0 saturated heterocycles. The first-order chi connectivity index (χ1) is 4.40. The summed E-state index contributed by atoms with van der Waals surface area (Å²) in [6.45, 7) is 2.18. The molecule has 1 nitrogen and oxygen atoms in total. The molecule has 0 radical (unpaired) electrons. The van der Waals surface area contributed by atoms with Gasteiger partial charge in [-0.15, -0.1) is 0 Å². The number of rotatable bonds is 1. The van der Waals surface area contributed by atoms with E-state index in [1.54, 1.807) is 0 Å². The minimum atomic E-state index is 1.14. The van der Waals surface area contributed by atoms with Crippen molar-refractivity contribution in [2.75, 3.05) is 0 Å². The summed E-state index contributed by atoms with van der Waals surface area (Å²) in [6.07, 6.45) is 1.14. The third-order valence-electron chi connectivity index (χ3n) is 1.77. The van der Waals surface area contributed by atoms with E-state index in [9.17, 15) is 0 Å². The Kier molecular flexibility index (Phi) is 0.810. The Morgan fingerprint density at radius 2 is 2.33 bits per heavy atom. The van der Waals surface area contributed by atoms with Gasteiger partial charge >= 0.3 is 0 Å². The largest absolute Gasteiger partial charge is 0.355 e. The lowest BCUT2D eigenvalue weighted by atomic mass is 10.2. The number of fused-ring (bicyclic) bond motifs is 2. The SMILES string of the molecule is CCc1cc2ccc1[nH]2. The molecule has 1 heteroatoms. The summed E-state index contributed by atoms with van der Waals surface area (Å²) in [5, 5.41) is 0. The van der Waals surface area contributed by atoms with Crippen LogP contribution in [0.2, 0.25) is 0 Å². The molecule has 9 heavy (non-hydrogen) atoms. The maximum Gasteiger partial charge on any atom is 0.0418 e. The molecule has 0 aromatic carbocycles. The maximum absolute atomic E-state index is 3.26. The topological polar surface area (TPSA) is 15.8 Å². The number of hydrogen-bond acceptors (Lipinski definition) is 0. The van der Waals surface area contributed by atoms with E-state index in [0.717, 1.165) is 6.42 Å². The van der Waals surface area contributed by atoms with Crippen molar-refractivity contribution in [3.05, 3.63) is 23.8 Å². The van der Waals surface area contributed by atoms with Gasteiger partial charge in [-0.3, -0.25) is 0 Å². The Hall–Kier alpha value is -0.980. The van der Waals surface area contributed by atoms with Gasteiger partial charge < -0.3 is 4.98 Å². The second-order valence-corrected chi connectivity index (χ2v) is 2.35. The molecule has 2 rings (SSSR count). The van der Waals surface area contributed by atoms with E-state index in [1.165, 1.54) is 16.6 Å². The van der Waals surface area contributed by atoms with Crippen LogP contribution in [0.1, 0.15) is 12.5 Å². The molecule has 46 valence electrons. The highest BCUT2D eigenvalue weighted by Crippen LogP contribution is 2.17. The zero-order chi connectivity index (χ0) is 6.27. The van der Waals surface area contributed by atoms with Crippen molar-refractivity contribution in [2.24, 2.45) is 0 Å². The van der Waals surface area contributed by atoms with Crippen molar-refractivity contribution in [1.29, 1.82) is 0 Å². The molecule has 2 bridgehead atoms. The lowest BCUT2D eigenvalue weighted by molar-refractivity contribution is 1.16. The number of aryl methyl sites for hydroxylation is 1. The van der Waals surface area contributed by atoms with Gasteiger partial charge in [-0.25, -0.2) is 0 Å². The third kappa shape index (κ3) is 0.545. The molecule has 2 heterocycles. The third-order valence-corrected chi connectivity index (χ3v) is 1.77. The van der Waals surface area contributed by atoms with Gasteiger partial charge in [0.15, 0.2) is 0 Å². The van der Waals surface area contributed by atoms with Gasteiger partial charge in [0.05, 0.1) is 0 Å². The van der Waals surface area contributed by atoms with Crippen molar-refractivity contribution < 1.29 is 0 Å². The zero-order valence-electron chi connectivity index (χ0n) is 5.44. The number of aromatic amines is 1. The van der Waals surface area contributed by atoms with Crippen molar-refractivity contribution in [3.63, 3.8) is 0 Å². The van der Waals surface area contributed by atoms with Gasteiger partial charge in [-0.2, -0.15) is 0 Å². The van der Waals surface area contributed by atoms with E-state index >= 15 is 0 Å². The molecular weight excluding hydrogens is 110 g/mol. The van der Waals surface area contributed by atoms with Gasteiger partial charge in [-0.05, 0) is 30.2 Å². The van der Waals surface area contributed by atoms with Crippen LogP contribution < -0.4 is 0 Å². The summed E-state index contributed by atoms with van der Waals surface area (Å²) in [7, 11) is 0. The van der Waals surface area contributed by atoms with Crippen LogP contribution >= 0.6 is 0 Å². The fraction of sp³-hybridized carbons (Fsp3) is 0.250. The highest BCUT2D eigenvalue weighted by molar-refractivity contribution is 5.70. The Balaban J connectivity index is 2.72. The van der Waals surface area contributed by atoms with E-state index in [2.05, 4.69) is 30.1 Å².